The van der Waals surface area contributed by atoms with Crippen molar-refractivity contribution in [3.63, 3.8) is 0 Å². The van der Waals surface area contributed by atoms with Crippen LogP contribution in [0.15, 0.2) is 64.6 Å². The third-order valence-electron chi connectivity index (χ3n) is 4.87. The van der Waals surface area contributed by atoms with Crippen LogP contribution in [-0.2, 0) is 17.8 Å². The zero-order chi connectivity index (χ0) is 18.8. The normalized spacial score (nSPS) is 17.2. The molecule has 27 heavy (non-hydrogen) atoms. The van der Waals surface area contributed by atoms with Gasteiger partial charge in [0, 0.05) is 17.8 Å². The number of nitrogens with zero attached hydrogens (tertiary/aromatic N) is 1. The van der Waals surface area contributed by atoms with E-state index in [4.69, 9.17) is 4.42 Å². The lowest BCUT2D eigenvalue weighted by Gasteiger charge is -2.36. The summed E-state index contributed by atoms with van der Waals surface area (Å²) >= 11 is 1.60. The molecule has 0 aliphatic carbocycles. The van der Waals surface area contributed by atoms with E-state index in [0.29, 0.717) is 13.0 Å². The highest BCUT2D eigenvalue weighted by molar-refractivity contribution is 7.10. The number of hydrogen-bond acceptors (Lipinski definition) is 4. The Labute approximate surface area is 161 Å². The molecule has 2 amide bonds. The maximum absolute atomic E-state index is 13.1. The topological polar surface area (TPSA) is 62.6 Å². The van der Waals surface area contributed by atoms with Crippen LogP contribution in [0.5, 0.6) is 0 Å². The fourth-order valence-electron chi connectivity index (χ4n) is 3.43. The molecule has 1 aliphatic heterocycles. The van der Waals surface area contributed by atoms with Crippen molar-refractivity contribution < 1.29 is 14.0 Å². The summed E-state index contributed by atoms with van der Waals surface area (Å²) in [6, 6.07) is 14.5. The summed E-state index contributed by atoms with van der Waals surface area (Å²) in [5.41, 5.74) is 2.16. The van der Waals surface area contributed by atoms with Crippen molar-refractivity contribution in [1.29, 1.82) is 0 Å². The van der Waals surface area contributed by atoms with E-state index in [0.717, 1.165) is 16.0 Å². The van der Waals surface area contributed by atoms with E-state index < -0.39 is 6.04 Å². The molecule has 3 aromatic rings. The van der Waals surface area contributed by atoms with Crippen molar-refractivity contribution in [3.05, 3.63) is 81.9 Å². The number of furan rings is 1. The van der Waals surface area contributed by atoms with E-state index in [1.165, 1.54) is 6.26 Å². The Morgan fingerprint density at radius 2 is 1.96 bits per heavy atom. The molecule has 0 spiro atoms. The number of carbonyl (C=O) groups is 2. The van der Waals surface area contributed by atoms with Crippen LogP contribution in [0.25, 0.3) is 0 Å². The molecule has 6 heteroatoms. The van der Waals surface area contributed by atoms with Crippen LogP contribution in [0.1, 0.15) is 39.5 Å². The van der Waals surface area contributed by atoms with Gasteiger partial charge in [-0.2, -0.15) is 0 Å². The number of amides is 2. The first kappa shape index (κ1) is 17.5. The Kier molecular flexibility index (Phi) is 4.81. The largest absolute Gasteiger partial charge is 0.459 e. The Morgan fingerprint density at radius 3 is 2.67 bits per heavy atom. The molecule has 0 fully saturated rings. The van der Waals surface area contributed by atoms with E-state index in [-0.39, 0.29) is 23.6 Å². The van der Waals surface area contributed by atoms with Crippen molar-refractivity contribution in [2.75, 3.05) is 0 Å². The molecule has 2 aromatic heterocycles. The number of hydrogen-bond donors (Lipinski definition) is 1. The standard InChI is InChI=1S/C21H20N2O3S/c1-14(19-9-5-11-27-19)22-20(24)17-12-15-6-2-3-7-16(15)13-23(17)21(25)18-8-4-10-26-18/h2-11,14,17H,12-13H2,1H3,(H,22,24)/t14-,17-/m1/s1. The smallest absolute Gasteiger partial charge is 0.290 e. The van der Waals surface area contributed by atoms with Crippen molar-refractivity contribution in [2.45, 2.75) is 32.0 Å². The van der Waals surface area contributed by atoms with Gasteiger partial charge in [-0.05, 0) is 41.6 Å². The number of rotatable bonds is 4. The monoisotopic (exact) mass is 380 g/mol. The average molecular weight is 380 g/mol. The van der Waals surface area contributed by atoms with E-state index in [9.17, 15) is 9.59 Å². The van der Waals surface area contributed by atoms with E-state index in [1.807, 2.05) is 48.7 Å². The molecular formula is C21H20N2O3S. The van der Waals surface area contributed by atoms with Crippen molar-refractivity contribution in [1.82, 2.24) is 10.2 Å². The Morgan fingerprint density at radius 1 is 1.15 bits per heavy atom. The summed E-state index contributed by atoms with van der Waals surface area (Å²) in [5.74, 6) is -0.165. The second-order valence-electron chi connectivity index (χ2n) is 6.64. The highest BCUT2D eigenvalue weighted by atomic mass is 32.1. The van der Waals surface area contributed by atoms with E-state index in [1.54, 1.807) is 28.4 Å². The lowest BCUT2D eigenvalue weighted by Crippen LogP contribution is -2.52. The van der Waals surface area contributed by atoms with Crippen LogP contribution in [-0.4, -0.2) is 22.8 Å². The molecular weight excluding hydrogens is 360 g/mol. The molecule has 3 heterocycles. The second kappa shape index (κ2) is 7.40. The van der Waals surface area contributed by atoms with Crippen LogP contribution in [0.3, 0.4) is 0 Å². The lowest BCUT2D eigenvalue weighted by molar-refractivity contribution is -0.126. The van der Waals surface area contributed by atoms with Crippen LogP contribution in [0.2, 0.25) is 0 Å². The predicted octanol–water partition coefficient (Wildman–Crippen LogP) is 3.79. The molecule has 2 atom stereocenters. The molecule has 5 nitrogen and oxygen atoms in total. The highest BCUT2D eigenvalue weighted by Gasteiger charge is 2.36. The summed E-state index contributed by atoms with van der Waals surface area (Å²) in [6.07, 6.45) is 1.96. The van der Waals surface area contributed by atoms with Gasteiger partial charge in [-0.1, -0.05) is 30.3 Å². The van der Waals surface area contributed by atoms with Gasteiger partial charge in [-0.15, -0.1) is 11.3 Å². The van der Waals surface area contributed by atoms with E-state index in [2.05, 4.69) is 5.32 Å². The maximum Gasteiger partial charge on any atom is 0.290 e. The van der Waals surface area contributed by atoms with Crippen LogP contribution in [0, 0.1) is 0 Å². The van der Waals surface area contributed by atoms with Gasteiger partial charge in [0.2, 0.25) is 5.91 Å². The number of benzene rings is 1. The van der Waals surface area contributed by atoms with Gasteiger partial charge in [0.25, 0.3) is 5.91 Å². The third-order valence-corrected chi connectivity index (χ3v) is 5.93. The van der Waals surface area contributed by atoms with Gasteiger partial charge in [0.15, 0.2) is 5.76 Å². The third kappa shape index (κ3) is 3.53. The summed E-state index contributed by atoms with van der Waals surface area (Å²) < 4.78 is 5.28. The Hall–Kier alpha value is -2.86. The zero-order valence-electron chi connectivity index (χ0n) is 14.9. The Bertz CT molecular complexity index is 934. The first-order chi connectivity index (χ1) is 13.1. The SMILES string of the molecule is C[C@@H](NC(=O)[C@H]1Cc2ccccc2CN1C(=O)c1ccco1)c1cccs1. The molecule has 1 aromatic carbocycles. The first-order valence-electron chi connectivity index (χ1n) is 8.88. The minimum absolute atomic E-state index is 0.102. The van der Waals surface area contributed by atoms with Gasteiger partial charge >= 0.3 is 0 Å². The molecule has 0 unspecified atom stereocenters. The minimum atomic E-state index is -0.570. The van der Waals surface area contributed by atoms with Crippen LogP contribution >= 0.6 is 11.3 Å². The summed E-state index contributed by atoms with van der Waals surface area (Å²) in [5, 5.41) is 5.05. The van der Waals surface area contributed by atoms with Crippen LogP contribution < -0.4 is 5.32 Å². The molecule has 4 rings (SSSR count). The first-order valence-corrected chi connectivity index (χ1v) is 9.76. The summed E-state index contributed by atoms with van der Waals surface area (Å²) in [4.78, 5) is 28.7. The number of carbonyl (C=O) groups excluding carboxylic acids is 2. The highest BCUT2D eigenvalue weighted by Crippen LogP contribution is 2.26. The molecule has 0 saturated heterocycles. The maximum atomic E-state index is 13.1. The van der Waals surface area contributed by atoms with Gasteiger partial charge in [0.1, 0.15) is 6.04 Å². The van der Waals surface area contributed by atoms with Gasteiger partial charge in [-0.25, -0.2) is 0 Å². The fraction of sp³-hybridized carbons (Fsp3) is 0.238. The lowest BCUT2D eigenvalue weighted by atomic mass is 9.93. The number of fused-ring (bicyclic) bond motifs is 1. The summed E-state index contributed by atoms with van der Waals surface area (Å²) in [7, 11) is 0. The van der Waals surface area contributed by atoms with E-state index >= 15 is 0 Å². The molecule has 1 N–H and O–H groups in total. The zero-order valence-corrected chi connectivity index (χ0v) is 15.7. The fourth-order valence-corrected chi connectivity index (χ4v) is 4.17. The van der Waals surface area contributed by atoms with Crippen LogP contribution in [0.4, 0.5) is 0 Å². The molecule has 1 aliphatic rings. The molecule has 0 bridgehead atoms. The quantitative estimate of drug-likeness (QED) is 0.749. The average Bonchev–Trinajstić information content (AvgIpc) is 3.40. The van der Waals surface area contributed by atoms with Gasteiger partial charge in [0.05, 0.1) is 12.3 Å². The second-order valence-corrected chi connectivity index (χ2v) is 7.62. The molecule has 0 saturated carbocycles. The molecule has 0 radical (unpaired) electrons. The van der Waals surface area contributed by atoms with Gasteiger partial charge < -0.3 is 14.6 Å². The summed E-state index contributed by atoms with van der Waals surface area (Å²) in [6.45, 7) is 2.35. The number of thiophene rings is 1. The van der Waals surface area contributed by atoms with Gasteiger partial charge in [-0.3, -0.25) is 9.59 Å². The molecule has 138 valence electrons. The van der Waals surface area contributed by atoms with Crippen molar-refractivity contribution in [3.8, 4) is 0 Å². The Balaban J connectivity index is 1.60. The predicted molar refractivity (Wildman–Crippen MR) is 103 cm³/mol. The van der Waals surface area contributed by atoms with Crippen molar-refractivity contribution in [2.24, 2.45) is 0 Å². The van der Waals surface area contributed by atoms with Crippen molar-refractivity contribution >= 4 is 23.2 Å². The minimum Gasteiger partial charge on any atom is -0.459 e. The number of nitrogens with one attached hydrogen (secondary N) is 1.